The maximum atomic E-state index is 12.4. The molecule has 2 aromatic rings. The molecule has 8 nitrogen and oxygen atoms in total. The smallest absolute Gasteiger partial charge is 0.339 e. The van der Waals surface area contributed by atoms with Gasteiger partial charge in [0.05, 0.1) is 10.6 Å². The molecule has 9 heteroatoms. The van der Waals surface area contributed by atoms with Crippen molar-refractivity contribution in [3.63, 3.8) is 0 Å². The van der Waals surface area contributed by atoms with Gasteiger partial charge in [-0.1, -0.05) is 12.1 Å². The first-order chi connectivity index (χ1) is 12.2. The van der Waals surface area contributed by atoms with Gasteiger partial charge in [-0.05, 0) is 36.2 Å². The van der Waals surface area contributed by atoms with E-state index in [1.54, 1.807) is 12.1 Å². The number of sulfonamides is 1. The van der Waals surface area contributed by atoms with Gasteiger partial charge in [0.25, 0.3) is 10.0 Å². The molecule has 0 aliphatic heterocycles. The quantitative estimate of drug-likeness (QED) is 0.578. The lowest BCUT2D eigenvalue weighted by Gasteiger charge is -2.10. The molecule has 0 saturated carbocycles. The average molecular weight is 378 g/mol. The number of benzene rings is 2. The minimum Gasteiger partial charge on any atom is -0.507 e. The zero-order valence-electron chi connectivity index (χ0n) is 13.9. The fraction of sp³-hybridized carbons (Fsp3) is 0.176. The van der Waals surface area contributed by atoms with Crippen molar-refractivity contribution in [1.82, 2.24) is 5.32 Å². The summed E-state index contributed by atoms with van der Waals surface area (Å²) >= 11 is 0. The Hall–Kier alpha value is -3.07. The van der Waals surface area contributed by atoms with E-state index in [0.717, 1.165) is 17.7 Å². The zero-order valence-corrected chi connectivity index (χ0v) is 14.7. The Morgan fingerprint density at radius 2 is 1.73 bits per heavy atom. The second-order valence-electron chi connectivity index (χ2n) is 5.52. The van der Waals surface area contributed by atoms with Crippen LogP contribution < -0.4 is 10.0 Å². The van der Waals surface area contributed by atoms with Gasteiger partial charge in [0, 0.05) is 19.5 Å². The highest BCUT2D eigenvalue weighted by Gasteiger charge is 2.16. The Kier molecular flexibility index (Phi) is 5.83. The van der Waals surface area contributed by atoms with Crippen LogP contribution in [0.3, 0.4) is 0 Å². The van der Waals surface area contributed by atoms with Crippen LogP contribution in [0, 0.1) is 0 Å². The number of phenols is 1. The van der Waals surface area contributed by atoms with E-state index in [0.29, 0.717) is 13.0 Å². The van der Waals surface area contributed by atoms with Crippen LogP contribution in [0.4, 0.5) is 5.69 Å². The maximum absolute atomic E-state index is 12.4. The summed E-state index contributed by atoms with van der Waals surface area (Å²) in [6.07, 6.45) is 0.567. The summed E-state index contributed by atoms with van der Waals surface area (Å²) in [6.45, 7) is 1.87. The Morgan fingerprint density at radius 3 is 2.27 bits per heavy atom. The number of amides is 1. The van der Waals surface area contributed by atoms with Crippen molar-refractivity contribution < 1.29 is 28.2 Å². The van der Waals surface area contributed by atoms with Crippen molar-refractivity contribution in [2.45, 2.75) is 18.2 Å². The molecule has 0 aromatic heterocycles. The van der Waals surface area contributed by atoms with Crippen LogP contribution in [0.2, 0.25) is 0 Å². The summed E-state index contributed by atoms with van der Waals surface area (Å²) in [5, 5.41) is 21.2. The molecule has 2 rings (SSSR count). The summed E-state index contributed by atoms with van der Waals surface area (Å²) in [5.41, 5.74) is 0.583. The van der Waals surface area contributed by atoms with Gasteiger partial charge in [-0.3, -0.25) is 9.52 Å². The molecule has 4 N–H and O–H groups in total. The van der Waals surface area contributed by atoms with E-state index in [-0.39, 0.29) is 22.1 Å². The SMILES string of the molecule is CC(=O)NCCc1ccc(S(=O)(=O)Nc2ccc(C(=O)O)c(O)c2)cc1. The second kappa shape index (κ2) is 7.87. The van der Waals surface area contributed by atoms with Crippen molar-refractivity contribution in [3.8, 4) is 5.75 Å². The molecule has 0 unspecified atom stereocenters. The number of nitrogens with one attached hydrogen (secondary N) is 2. The third-order valence-electron chi connectivity index (χ3n) is 3.50. The van der Waals surface area contributed by atoms with Crippen molar-refractivity contribution in [1.29, 1.82) is 0 Å². The Bertz CT molecular complexity index is 923. The summed E-state index contributed by atoms with van der Waals surface area (Å²) in [7, 11) is -3.89. The summed E-state index contributed by atoms with van der Waals surface area (Å²) in [6, 6.07) is 9.53. The average Bonchev–Trinajstić information content (AvgIpc) is 2.54. The number of carboxylic acids is 1. The lowest BCUT2D eigenvalue weighted by atomic mass is 10.1. The van der Waals surface area contributed by atoms with Crippen LogP contribution in [-0.4, -0.2) is 37.1 Å². The number of hydrogen-bond acceptors (Lipinski definition) is 5. The Labute approximate surface area is 150 Å². The lowest BCUT2D eigenvalue weighted by molar-refractivity contribution is -0.118. The van der Waals surface area contributed by atoms with E-state index < -0.39 is 21.7 Å². The molecular weight excluding hydrogens is 360 g/mol. The molecule has 138 valence electrons. The molecule has 1 amide bonds. The van der Waals surface area contributed by atoms with Crippen LogP contribution in [0.25, 0.3) is 0 Å². The molecule has 0 saturated heterocycles. The molecule has 0 fully saturated rings. The second-order valence-corrected chi connectivity index (χ2v) is 7.20. The van der Waals surface area contributed by atoms with E-state index in [1.807, 2.05) is 0 Å². The fourth-order valence-corrected chi connectivity index (χ4v) is 3.26. The third kappa shape index (κ3) is 4.96. The van der Waals surface area contributed by atoms with E-state index in [4.69, 9.17) is 5.11 Å². The zero-order chi connectivity index (χ0) is 19.3. The minimum absolute atomic E-state index is 0.0163. The molecular formula is C17H18N2O6S. The summed E-state index contributed by atoms with van der Waals surface area (Å²) in [5.74, 6) is -1.98. The Balaban J connectivity index is 2.11. The maximum Gasteiger partial charge on any atom is 0.339 e. The normalized spacial score (nSPS) is 11.0. The van der Waals surface area contributed by atoms with Crippen LogP contribution in [-0.2, 0) is 21.2 Å². The highest BCUT2D eigenvalue weighted by atomic mass is 32.2. The number of hydrogen-bond donors (Lipinski definition) is 4. The van der Waals surface area contributed by atoms with E-state index in [2.05, 4.69) is 10.0 Å². The van der Waals surface area contributed by atoms with Gasteiger partial charge in [0.2, 0.25) is 5.91 Å². The molecule has 0 spiro atoms. The van der Waals surface area contributed by atoms with Gasteiger partial charge in [-0.25, -0.2) is 13.2 Å². The van der Waals surface area contributed by atoms with Crippen LogP contribution >= 0.6 is 0 Å². The first-order valence-electron chi connectivity index (χ1n) is 7.61. The number of rotatable bonds is 7. The number of anilines is 1. The number of carbonyl (C=O) groups is 2. The van der Waals surface area contributed by atoms with Gasteiger partial charge in [-0.2, -0.15) is 0 Å². The van der Waals surface area contributed by atoms with E-state index >= 15 is 0 Å². The van der Waals surface area contributed by atoms with Gasteiger partial charge in [0.1, 0.15) is 11.3 Å². The summed E-state index contributed by atoms with van der Waals surface area (Å²) in [4.78, 5) is 21.7. The highest BCUT2D eigenvalue weighted by Crippen LogP contribution is 2.24. The van der Waals surface area contributed by atoms with Crippen LogP contribution in [0.1, 0.15) is 22.8 Å². The van der Waals surface area contributed by atoms with Crippen molar-refractivity contribution in [2.75, 3.05) is 11.3 Å². The number of aromatic carboxylic acids is 1. The molecule has 0 radical (unpaired) electrons. The minimum atomic E-state index is -3.89. The van der Waals surface area contributed by atoms with Crippen LogP contribution in [0.5, 0.6) is 5.75 Å². The highest BCUT2D eigenvalue weighted by molar-refractivity contribution is 7.92. The van der Waals surface area contributed by atoms with Crippen LogP contribution in [0.15, 0.2) is 47.4 Å². The topological polar surface area (TPSA) is 133 Å². The predicted molar refractivity (Wildman–Crippen MR) is 94.7 cm³/mol. The number of carboxylic acid groups (broad SMARTS) is 1. The fourth-order valence-electron chi connectivity index (χ4n) is 2.21. The van der Waals surface area contributed by atoms with Crippen molar-refractivity contribution in [2.24, 2.45) is 0 Å². The molecule has 0 atom stereocenters. The van der Waals surface area contributed by atoms with E-state index in [1.165, 1.54) is 25.1 Å². The molecule has 0 aliphatic rings. The first kappa shape index (κ1) is 19.3. The lowest BCUT2D eigenvalue weighted by Crippen LogP contribution is -2.22. The molecule has 0 aliphatic carbocycles. The van der Waals surface area contributed by atoms with Gasteiger partial charge in [-0.15, -0.1) is 0 Å². The monoisotopic (exact) mass is 378 g/mol. The van der Waals surface area contributed by atoms with E-state index in [9.17, 15) is 23.1 Å². The third-order valence-corrected chi connectivity index (χ3v) is 4.90. The van der Waals surface area contributed by atoms with Gasteiger partial charge in [0.15, 0.2) is 0 Å². The molecule has 0 bridgehead atoms. The van der Waals surface area contributed by atoms with Gasteiger partial charge >= 0.3 is 5.97 Å². The Morgan fingerprint density at radius 1 is 1.08 bits per heavy atom. The molecule has 0 heterocycles. The standard InChI is InChI=1S/C17H18N2O6S/c1-11(20)18-9-8-12-2-5-14(6-3-12)26(24,25)19-13-4-7-15(17(22)23)16(21)10-13/h2-7,10,19,21H,8-9H2,1H3,(H,18,20)(H,22,23). The van der Waals surface area contributed by atoms with Crippen molar-refractivity contribution >= 4 is 27.6 Å². The van der Waals surface area contributed by atoms with Gasteiger partial charge < -0.3 is 15.5 Å². The van der Waals surface area contributed by atoms with Crippen molar-refractivity contribution in [3.05, 3.63) is 53.6 Å². The molecule has 26 heavy (non-hydrogen) atoms. The predicted octanol–water partition coefficient (Wildman–Crippen LogP) is 1.57. The molecule has 2 aromatic carbocycles. The first-order valence-corrected chi connectivity index (χ1v) is 9.10. The summed E-state index contributed by atoms with van der Waals surface area (Å²) < 4.78 is 27.0. The number of aromatic hydroxyl groups is 1. The number of carbonyl (C=O) groups excluding carboxylic acids is 1. The largest absolute Gasteiger partial charge is 0.507 e.